The average molecular weight is 199 g/mol. The second-order valence-corrected chi connectivity index (χ2v) is 3.39. The van der Waals surface area contributed by atoms with Gasteiger partial charge in [-0.3, -0.25) is 4.98 Å². The van der Waals surface area contributed by atoms with Crippen molar-refractivity contribution in [2.75, 3.05) is 18.5 Å². The van der Waals surface area contributed by atoms with E-state index in [1.807, 2.05) is 42.3 Å². The predicted octanol–water partition coefficient (Wildman–Crippen LogP) is 2.25. The third-order valence-electron chi connectivity index (χ3n) is 2.23. The van der Waals surface area contributed by atoms with Gasteiger partial charge in [0, 0.05) is 13.6 Å². The lowest BCUT2D eigenvalue weighted by Crippen LogP contribution is -2.18. The van der Waals surface area contributed by atoms with Gasteiger partial charge < -0.3 is 4.90 Å². The number of para-hydroxylation sites is 2. The molecule has 2 rings (SSSR count). The number of aromatic nitrogens is 2. The van der Waals surface area contributed by atoms with Crippen LogP contribution in [0.15, 0.2) is 43.1 Å². The molecule has 0 saturated heterocycles. The maximum Gasteiger partial charge on any atom is 0.147 e. The van der Waals surface area contributed by atoms with Gasteiger partial charge in [0.25, 0.3) is 0 Å². The largest absolute Gasteiger partial charge is 0.355 e. The molecule has 3 heteroatoms. The molecule has 0 bridgehead atoms. The highest BCUT2D eigenvalue weighted by Crippen LogP contribution is 2.13. The summed E-state index contributed by atoms with van der Waals surface area (Å²) in [7, 11) is 1.97. The number of hydrogen-bond donors (Lipinski definition) is 0. The van der Waals surface area contributed by atoms with E-state index < -0.39 is 0 Å². The maximum absolute atomic E-state index is 4.51. The van der Waals surface area contributed by atoms with E-state index in [0.717, 1.165) is 23.4 Å². The molecule has 1 aromatic heterocycles. The summed E-state index contributed by atoms with van der Waals surface area (Å²) in [4.78, 5) is 10.9. The van der Waals surface area contributed by atoms with E-state index in [1.54, 1.807) is 6.20 Å². The van der Waals surface area contributed by atoms with Crippen LogP contribution in [0.4, 0.5) is 5.82 Å². The van der Waals surface area contributed by atoms with E-state index in [9.17, 15) is 0 Å². The van der Waals surface area contributed by atoms with Gasteiger partial charge in [0.05, 0.1) is 17.2 Å². The number of likely N-dealkylation sites (N-methyl/N-ethyl adjacent to an activating group) is 1. The van der Waals surface area contributed by atoms with Gasteiger partial charge in [-0.05, 0) is 12.1 Å². The molecule has 0 aliphatic heterocycles. The first-order chi connectivity index (χ1) is 7.31. The molecule has 0 aliphatic carbocycles. The van der Waals surface area contributed by atoms with E-state index in [1.165, 1.54) is 0 Å². The number of benzene rings is 1. The summed E-state index contributed by atoms with van der Waals surface area (Å²) < 4.78 is 0. The second-order valence-electron chi connectivity index (χ2n) is 3.39. The molecule has 0 saturated carbocycles. The summed E-state index contributed by atoms with van der Waals surface area (Å²) in [6.07, 6.45) is 3.63. The molecule has 0 N–H and O–H groups in total. The monoisotopic (exact) mass is 199 g/mol. The van der Waals surface area contributed by atoms with Crippen molar-refractivity contribution in [2.45, 2.75) is 0 Å². The summed E-state index contributed by atoms with van der Waals surface area (Å²) in [5, 5.41) is 0. The molecular formula is C12H13N3. The van der Waals surface area contributed by atoms with Crippen LogP contribution in [0.25, 0.3) is 11.0 Å². The van der Waals surface area contributed by atoms with Crippen LogP contribution in [0.2, 0.25) is 0 Å². The van der Waals surface area contributed by atoms with Crippen molar-refractivity contribution in [3.05, 3.63) is 43.1 Å². The van der Waals surface area contributed by atoms with Crippen molar-refractivity contribution < 1.29 is 0 Å². The van der Waals surface area contributed by atoms with E-state index in [2.05, 4.69) is 16.5 Å². The molecule has 0 unspecified atom stereocenters. The van der Waals surface area contributed by atoms with Gasteiger partial charge in [-0.1, -0.05) is 18.2 Å². The highest BCUT2D eigenvalue weighted by molar-refractivity contribution is 5.75. The molecule has 0 amide bonds. The van der Waals surface area contributed by atoms with Crippen LogP contribution in [0, 0.1) is 0 Å². The molecule has 0 aliphatic rings. The number of nitrogens with zero attached hydrogens (tertiary/aromatic N) is 3. The van der Waals surface area contributed by atoms with Gasteiger partial charge in [0.2, 0.25) is 0 Å². The summed E-state index contributed by atoms with van der Waals surface area (Å²) in [5.41, 5.74) is 1.85. The number of fused-ring (bicyclic) bond motifs is 1. The minimum Gasteiger partial charge on any atom is -0.355 e. The summed E-state index contributed by atoms with van der Waals surface area (Å²) in [6.45, 7) is 4.47. The van der Waals surface area contributed by atoms with Gasteiger partial charge in [0.15, 0.2) is 0 Å². The zero-order valence-electron chi connectivity index (χ0n) is 8.72. The fourth-order valence-electron chi connectivity index (χ4n) is 1.42. The van der Waals surface area contributed by atoms with Gasteiger partial charge in [-0.15, -0.1) is 6.58 Å². The Morgan fingerprint density at radius 2 is 2.07 bits per heavy atom. The van der Waals surface area contributed by atoms with Crippen LogP contribution >= 0.6 is 0 Å². The van der Waals surface area contributed by atoms with Crippen molar-refractivity contribution in [2.24, 2.45) is 0 Å². The molecule has 1 heterocycles. The third kappa shape index (κ3) is 1.96. The first-order valence-corrected chi connectivity index (χ1v) is 4.85. The summed E-state index contributed by atoms with van der Waals surface area (Å²) >= 11 is 0. The number of anilines is 1. The van der Waals surface area contributed by atoms with Crippen molar-refractivity contribution in [1.82, 2.24) is 9.97 Å². The molecule has 0 spiro atoms. The molecule has 1 aromatic carbocycles. The Morgan fingerprint density at radius 3 is 2.80 bits per heavy atom. The van der Waals surface area contributed by atoms with Crippen LogP contribution in [0.5, 0.6) is 0 Å². The zero-order valence-corrected chi connectivity index (χ0v) is 8.72. The van der Waals surface area contributed by atoms with Crippen molar-refractivity contribution in [3.8, 4) is 0 Å². The van der Waals surface area contributed by atoms with Gasteiger partial charge >= 0.3 is 0 Å². The smallest absolute Gasteiger partial charge is 0.147 e. The van der Waals surface area contributed by atoms with Crippen molar-refractivity contribution in [1.29, 1.82) is 0 Å². The Morgan fingerprint density at radius 1 is 1.33 bits per heavy atom. The minimum absolute atomic E-state index is 0.771. The lowest BCUT2D eigenvalue weighted by Gasteiger charge is -2.15. The van der Waals surface area contributed by atoms with Crippen molar-refractivity contribution >= 4 is 16.9 Å². The van der Waals surface area contributed by atoms with Crippen LogP contribution in [0.3, 0.4) is 0 Å². The lowest BCUT2D eigenvalue weighted by molar-refractivity contribution is 0.990. The fraction of sp³-hybridized carbons (Fsp3) is 0.167. The predicted molar refractivity (Wildman–Crippen MR) is 63.0 cm³/mol. The molecule has 0 atom stereocenters. The van der Waals surface area contributed by atoms with Crippen LogP contribution in [-0.2, 0) is 0 Å². The van der Waals surface area contributed by atoms with Crippen LogP contribution in [0.1, 0.15) is 0 Å². The average Bonchev–Trinajstić information content (AvgIpc) is 2.29. The van der Waals surface area contributed by atoms with Gasteiger partial charge in [-0.2, -0.15) is 0 Å². The number of hydrogen-bond acceptors (Lipinski definition) is 3. The Hall–Kier alpha value is -1.90. The Bertz CT molecular complexity index is 479. The lowest BCUT2D eigenvalue weighted by atomic mass is 10.3. The maximum atomic E-state index is 4.51. The first-order valence-electron chi connectivity index (χ1n) is 4.85. The Kier molecular flexibility index (Phi) is 2.63. The van der Waals surface area contributed by atoms with E-state index in [-0.39, 0.29) is 0 Å². The topological polar surface area (TPSA) is 29.0 Å². The van der Waals surface area contributed by atoms with Crippen molar-refractivity contribution in [3.63, 3.8) is 0 Å². The molecular weight excluding hydrogens is 186 g/mol. The molecule has 2 aromatic rings. The molecule has 0 fully saturated rings. The summed E-state index contributed by atoms with van der Waals surface area (Å²) in [6, 6.07) is 7.85. The van der Waals surface area contributed by atoms with Gasteiger partial charge in [0.1, 0.15) is 5.82 Å². The summed E-state index contributed by atoms with van der Waals surface area (Å²) in [5.74, 6) is 0.869. The highest BCUT2D eigenvalue weighted by Gasteiger charge is 2.02. The van der Waals surface area contributed by atoms with Gasteiger partial charge in [-0.25, -0.2) is 4.98 Å². The first kappa shape index (κ1) is 9.65. The molecule has 0 radical (unpaired) electrons. The van der Waals surface area contributed by atoms with E-state index in [4.69, 9.17) is 0 Å². The molecule has 15 heavy (non-hydrogen) atoms. The molecule has 76 valence electrons. The fourth-order valence-corrected chi connectivity index (χ4v) is 1.42. The normalized spacial score (nSPS) is 10.2. The van der Waals surface area contributed by atoms with E-state index >= 15 is 0 Å². The molecule has 3 nitrogen and oxygen atoms in total. The SMILES string of the molecule is C=CCN(C)c1cnc2ccccc2n1. The standard InChI is InChI=1S/C12H13N3/c1-3-8-15(2)12-9-13-10-6-4-5-7-11(10)14-12/h3-7,9H,1,8H2,2H3. The zero-order chi connectivity index (χ0) is 10.7. The minimum atomic E-state index is 0.771. The Balaban J connectivity index is 2.42. The second kappa shape index (κ2) is 4.09. The van der Waals surface area contributed by atoms with Crippen LogP contribution < -0.4 is 4.90 Å². The number of rotatable bonds is 3. The van der Waals surface area contributed by atoms with Crippen LogP contribution in [-0.4, -0.2) is 23.6 Å². The Labute approximate surface area is 89.1 Å². The van der Waals surface area contributed by atoms with E-state index in [0.29, 0.717) is 0 Å². The quantitative estimate of drug-likeness (QED) is 0.710. The highest BCUT2D eigenvalue weighted by atomic mass is 15.2. The third-order valence-corrected chi connectivity index (χ3v) is 2.23.